The molecule has 0 aliphatic carbocycles. The van der Waals surface area contributed by atoms with Crippen LogP contribution in [0.5, 0.6) is 11.5 Å². The molecule has 0 atom stereocenters. The molecule has 1 heterocycles. The van der Waals surface area contributed by atoms with Crippen LogP contribution in [0.15, 0.2) is 36.4 Å². The summed E-state index contributed by atoms with van der Waals surface area (Å²) in [6.07, 6.45) is 0. The fourth-order valence-electron chi connectivity index (χ4n) is 2.78. The van der Waals surface area contributed by atoms with Gasteiger partial charge in [-0.2, -0.15) is 0 Å². The van der Waals surface area contributed by atoms with Gasteiger partial charge in [-0.1, -0.05) is 36.2 Å². The summed E-state index contributed by atoms with van der Waals surface area (Å²) in [5.41, 5.74) is 0.748. The Balaban J connectivity index is 1.48. The summed E-state index contributed by atoms with van der Waals surface area (Å²) in [7, 11) is 0. The van der Waals surface area contributed by atoms with Crippen LogP contribution in [0.1, 0.15) is 6.92 Å². The minimum Gasteiger partial charge on any atom is -0.454 e. The number of ether oxygens (including phenoxy) is 2. The second-order valence-corrected chi connectivity index (χ2v) is 7.33. The second kappa shape index (κ2) is 10.3. The van der Waals surface area contributed by atoms with E-state index < -0.39 is 17.8 Å². The minimum atomic E-state index is -0.702. The Hall–Kier alpha value is -3.01. The van der Waals surface area contributed by atoms with Crippen LogP contribution in [0.4, 0.5) is 16.2 Å². The van der Waals surface area contributed by atoms with Crippen molar-refractivity contribution in [3.8, 4) is 11.5 Å². The third kappa shape index (κ3) is 6.24. The summed E-state index contributed by atoms with van der Waals surface area (Å²) in [5.74, 6) is 0.126. The smallest absolute Gasteiger partial charge is 0.325 e. The Bertz CT molecular complexity index is 981. The number of imide groups is 1. The van der Waals surface area contributed by atoms with Gasteiger partial charge in [-0.15, -0.1) is 0 Å². The molecule has 0 saturated heterocycles. The molecule has 164 valence electrons. The zero-order chi connectivity index (χ0) is 22.4. The lowest BCUT2D eigenvalue weighted by molar-refractivity contribution is -0.122. The van der Waals surface area contributed by atoms with E-state index in [-0.39, 0.29) is 19.9 Å². The predicted molar refractivity (Wildman–Crippen MR) is 117 cm³/mol. The van der Waals surface area contributed by atoms with Crippen LogP contribution in [-0.4, -0.2) is 49.2 Å². The molecule has 0 bridgehead atoms. The highest BCUT2D eigenvalue weighted by Crippen LogP contribution is 2.34. The lowest BCUT2D eigenvalue weighted by Gasteiger charge is -2.19. The Morgan fingerprint density at radius 2 is 1.65 bits per heavy atom. The number of amides is 4. The van der Waals surface area contributed by atoms with Gasteiger partial charge in [0.15, 0.2) is 11.5 Å². The fraction of sp³-hybridized carbons (Fsp3) is 0.250. The highest BCUT2D eigenvalue weighted by Gasteiger charge is 2.18. The highest BCUT2D eigenvalue weighted by atomic mass is 35.5. The van der Waals surface area contributed by atoms with Crippen LogP contribution in [-0.2, 0) is 9.59 Å². The van der Waals surface area contributed by atoms with E-state index >= 15 is 0 Å². The number of carbonyl (C=O) groups is 3. The number of benzene rings is 2. The van der Waals surface area contributed by atoms with Crippen molar-refractivity contribution in [3.05, 3.63) is 46.4 Å². The summed E-state index contributed by atoms with van der Waals surface area (Å²) in [6, 6.07) is 9.04. The number of fused-ring (bicyclic) bond motifs is 1. The highest BCUT2D eigenvalue weighted by molar-refractivity contribution is 6.39. The molecule has 3 rings (SSSR count). The van der Waals surface area contributed by atoms with Crippen LogP contribution in [0.25, 0.3) is 0 Å². The number of anilines is 2. The van der Waals surface area contributed by atoms with Crippen molar-refractivity contribution in [2.45, 2.75) is 6.92 Å². The van der Waals surface area contributed by atoms with Crippen molar-refractivity contribution < 1.29 is 23.9 Å². The van der Waals surface area contributed by atoms with Gasteiger partial charge >= 0.3 is 6.03 Å². The van der Waals surface area contributed by atoms with Gasteiger partial charge in [0.2, 0.25) is 18.6 Å². The SMILES string of the molecule is CCN(CC(=O)NC(=O)Nc1ccc2c(c1)OCO2)CC(=O)Nc1c(Cl)cccc1Cl. The van der Waals surface area contributed by atoms with Gasteiger partial charge in [-0.3, -0.25) is 19.8 Å². The molecule has 0 fully saturated rings. The van der Waals surface area contributed by atoms with Gasteiger partial charge in [0.1, 0.15) is 0 Å². The Morgan fingerprint density at radius 3 is 2.35 bits per heavy atom. The Morgan fingerprint density at radius 1 is 0.968 bits per heavy atom. The molecule has 4 amide bonds. The standard InChI is InChI=1S/C20H20Cl2N4O5/c1-2-26(9-17(27)24-19-13(21)4-3-5-14(19)22)10-18(28)25-20(29)23-12-6-7-15-16(8-12)31-11-30-15/h3-8H,2,9-11H2,1H3,(H,24,27)(H2,23,25,28,29). The molecular formula is C20H20Cl2N4O5. The number of likely N-dealkylation sites (N-methyl/N-ethyl adjacent to an activating group) is 1. The molecule has 11 heteroatoms. The van der Waals surface area contributed by atoms with Crippen molar-refractivity contribution in [1.29, 1.82) is 0 Å². The van der Waals surface area contributed by atoms with Gasteiger partial charge in [-0.05, 0) is 30.8 Å². The van der Waals surface area contributed by atoms with E-state index in [4.69, 9.17) is 32.7 Å². The van der Waals surface area contributed by atoms with Crippen LogP contribution >= 0.6 is 23.2 Å². The fourth-order valence-corrected chi connectivity index (χ4v) is 3.28. The number of nitrogens with one attached hydrogen (secondary N) is 3. The van der Waals surface area contributed by atoms with E-state index in [1.54, 1.807) is 48.2 Å². The van der Waals surface area contributed by atoms with E-state index in [0.29, 0.717) is 39.5 Å². The van der Waals surface area contributed by atoms with Gasteiger partial charge in [0.25, 0.3) is 0 Å². The zero-order valence-electron chi connectivity index (χ0n) is 16.5. The summed E-state index contributed by atoms with van der Waals surface area (Å²) in [5, 5.41) is 8.02. The third-order valence-corrected chi connectivity index (χ3v) is 4.92. The molecule has 1 aliphatic rings. The van der Waals surface area contributed by atoms with Crippen LogP contribution in [0.3, 0.4) is 0 Å². The van der Waals surface area contributed by atoms with E-state index in [1.165, 1.54) is 0 Å². The number of para-hydroxylation sites is 1. The first kappa shape index (κ1) is 22.7. The lowest BCUT2D eigenvalue weighted by atomic mass is 10.3. The van der Waals surface area contributed by atoms with Crippen LogP contribution < -0.4 is 25.4 Å². The number of nitrogens with zero attached hydrogens (tertiary/aromatic N) is 1. The zero-order valence-corrected chi connectivity index (χ0v) is 18.0. The summed E-state index contributed by atoms with van der Waals surface area (Å²) >= 11 is 12.1. The Labute approximate surface area is 188 Å². The number of hydrogen-bond acceptors (Lipinski definition) is 6. The monoisotopic (exact) mass is 466 g/mol. The largest absolute Gasteiger partial charge is 0.454 e. The number of urea groups is 1. The van der Waals surface area contributed by atoms with Gasteiger partial charge in [0.05, 0.1) is 28.8 Å². The lowest BCUT2D eigenvalue weighted by Crippen LogP contribution is -2.44. The van der Waals surface area contributed by atoms with Crippen molar-refractivity contribution >= 4 is 52.4 Å². The maximum absolute atomic E-state index is 12.3. The van der Waals surface area contributed by atoms with Gasteiger partial charge < -0.3 is 20.1 Å². The molecule has 2 aromatic carbocycles. The number of hydrogen-bond donors (Lipinski definition) is 3. The molecule has 3 N–H and O–H groups in total. The van der Waals surface area contributed by atoms with Crippen LogP contribution in [0.2, 0.25) is 10.0 Å². The number of halogens is 2. The number of rotatable bonds is 7. The molecule has 9 nitrogen and oxygen atoms in total. The Kier molecular flexibility index (Phi) is 7.56. The van der Waals surface area contributed by atoms with Crippen molar-refractivity contribution in [1.82, 2.24) is 10.2 Å². The van der Waals surface area contributed by atoms with Gasteiger partial charge in [-0.25, -0.2) is 4.79 Å². The quantitative estimate of drug-likeness (QED) is 0.577. The average molecular weight is 467 g/mol. The average Bonchev–Trinajstić information content (AvgIpc) is 3.18. The molecule has 2 aromatic rings. The van der Waals surface area contributed by atoms with Gasteiger partial charge in [0, 0.05) is 11.8 Å². The van der Waals surface area contributed by atoms with E-state index in [1.807, 2.05) is 0 Å². The molecule has 0 spiro atoms. The topological polar surface area (TPSA) is 109 Å². The maximum atomic E-state index is 12.3. The maximum Gasteiger partial charge on any atom is 0.325 e. The first-order valence-corrected chi connectivity index (χ1v) is 10.1. The predicted octanol–water partition coefficient (Wildman–Crippen LogP) is 3.33. The normalized spacial score (nSPS) is 11.9. The molecule has 0 unspecified atom stereocenters. The first-order chi connectivity index (χ1) is 14.9. The van der Waals surface area contributed by atoms with E-state index in [2.05, 4.69) is 16.0 Å². The first-order valence-electron chi connectivity index (χ1n) is 9.32. The molecule has 1 aliphatic heterocycles. The molecule has 0 aromatic heterocycles. The van der Waals surface area contributed by atoms with E-state index in [0.717, 1.165) is 0 Å². The summed E-state index contributed by atoms with van der Waals surface area (Å²) in [6.45, 7) is 2.06. The van der Waals surface area contributed by atoms with E-state index in [9.17, 15) is 14.4 Å². The third-order valence-electron chi connectivity index (χ3n) is 4.29. The molecular weight excluding hydrogens is 447 g/mol. The summed E-state index contributed by atoms with van der Waals surface area (Å²) < 4.78 is 10.4. The minimum absolute atomic E-state index is 0.0880. The molecule has 0 saturated carbocycles. The van der Waals surface area contributed by atoms with Crippen molar-refractivity contribution in [2.75, 3.05) is 37.1 Å². The van der Waals surface area contributed by atoms with Crippen molar-refractivity contribution in [2.24, 2.45) is 0 Å². The van der Waals surface area contributed by atoms with Crippen LogP contribution in [0, 0.1) is 0 Å². The molecule has 0 radical (unpaired) electrons. The number of carbonyl (C=O) groups excluding carboxylic acids is 3. The summed E-state index contributed by atoms with van der Waals surface area (Å²) in [4.78, 5) is 38.2. The van der Waals surface area contributed by atoms with Crippen molar-refractivity contribution in [3.63, 3.8) is 0 Å². The molecule has 31 heavy (non-hydrogen) atoms. The second-order valence-electron chi connectivity index (χ2n) is 6.52.